The van der Waals surface area contributed by atoms with Crippen LogP contribution in [0.3, 0.4) is 0 Å². The largest absolute Gasteiger partial charge is 0.352 e. The number of hydrogen-bond acceptors (Lipinski definition) is 4. The molecule has 1 fully saturated rings. The van der Waals surface area contributed by atoms with Crippen molar-refractivity contribution >= 4 is 27.7 Å². The minimum atomic E-state index is -4.21. The summed E-state index contributed by atoms with van der Waals surface area (Å²) in [6, 6.07) is 14.3. The smallest absolute Gasteiger partial charge is 0.304 e. The first-order valence-electron chi connectivity index (χ1n) is 13.2. The van der Waals surface area contributed by atoms with Crippen LogP contribution in [0.25, 0.3) is 0 Å². The van der Waals surface area contributed by atoms with Gasteiger partial charge in [-0.25, -0.2) is 8.70 Å². The first-order valence-corrected chi connectivity index (χ1v) is 14.6. The molecule has 1 atom stereocenters. The Kier molecular flexibility index (Phi) is 10.7. The number of amides is 2. The molecule has 0 aromatic heterocycles. The van der Waals surface area contributed by atoms with Gasteiger partial charge < -0.3 is 10.2 Å². The fourth-order valence-corrected chi connectivity index (χ4v) is 5.86. The van der Waals surface area contributed by atoms with Crippen molar-refractivity contribution in [3.63, 3.8) is 0 Å². The maximum Gasteiger partial charge on any atom is 0.304 e. The third-order valence-corrected chi connectivity index (χ3v) is 8.77. The molecule has 10 heteroatoms. The second kappa shape index (κ2) is 13.7. The van der Waals surface area contributed by atoms with Gasteiger partial charge in [0, 0.05) is 26.7 Å². The SMILES string of the molecule is CC[C@H](C(=O)NC1CCCCC1)N(CCc1ccccc1)C(=O)CN(c1ccccc1F)S(=O)(=O)N(C)C. The van der Waals surface area contributed by atoms with Gasteiger partial charge in [-0.1, -0.05) is 68.7 Å². The first kappa shape index (κ1) is 29.6. The summed E-state index contributed by atoms with van der Waals surface area (Å²) < 4.78 is 42.8. The number of anilines is 1. The van der Waals surface area contributed by atoms with E-state index >= 15 is 0 Å². The molecule has 1 aliphatic carbocycles. The minimum absolute atomic E-state index is 0.0698. The van der Waals surface area contributed by atoms with Crippen molar-refractivity contribution in [1.29, 1.82) is 0 Å². The predicted molar refractivity (Wildman–Crippen MR) is 147 cm³/mol. The van der Waals surface area contributed by atoms with Crippen LogP contribution in [0.4, 0.5) is 10.1 Å². The van der Waals surface area contributed by atoms with Crippen molar-refractivity contribution in [3.8, 4) is 0 Å². The van der Waals surface area contributed by atoms with Crippen molar-refractivity contribution in [2.75, 3.05) is 31.5 Å². The molecule has 0 bridgehead atoms. The third kappa shape index (κ3) is 7.54. The molecule has 1 saturated carbocycles. The Hall–Kier alpha value is -2.98. The lowest BCUT2D eigenvalue weighted by molar-refractivity contribution is -0.140. The van der Waals surface area contributed by atoms with Gasteiger partial charge in [0.15, 0.2) is 0 Å². The molecule has 2 amide bonds. The van der Waals surface area contributed by atoms with Crippen LogP contribution in [0.5, 0.6) is 0 Å². The Morgan fingerprint density at radius 2 is 1.63 bits per heavy atom. The van der Waals surface area contributed by atoms with Gasteiger partial charge in [0.1, 0.15) is 18.4 Å². The highest BCUT2D eigenvalue weighted by Gasteiger charge is 2.35. The van der Waals surface area contributed by atoms with Gasteiger partial charge in [0.25, 0.3) is 0 Å². The zero-order valence-electron chi connectivity index (χ0n) is 22.5. The van der Waals surface area contributed by atoms with Gasteiger partial charge in [-0.3, -0.25) is 9.59 Å². The normalized spacial score (nSPS) is 15.2. The third-order valence-electron chi connectivity index (χ3n) is 6.96. The molecule has 1 aliphatic rings. The zero-order valence-corrected chi connectivity index (χ0v) is 23.3. The quantitative estimate of drug-likeness (QED) is 0.439. The summed E-state index contributed by atoms with van der Waals surface area (Å²) in [7, 11) is -1.55. The van der Waals surface area contributed by atoms with E-state index in [-0.39, 0.29) is 24.2 Å². The summed E-state index contributed by atoms with van der Waals surface area (Å²) in [6.07, 6.45) is 5.91. The maximum atomic E-state index is 14.8. The standard InChI is InChI=1S/C28H39FN4O4S/c1-4-25(28(35)30-23-15-9-6-10-16-23)32(20-19-22-13-7-5-8-14-22)27(34)21-33(38(36,37)31(2)3)26-18-12-11-17-24(26)29/h5,7-8,11-14,17-18,23,25H,4,6,9-10,15-16,19-21H2,1-3H3,(H,30,35)/t25-/m1/s1. The van der Waals surface area contributed by atoms with Crippen LogP contribution in [-0.2, 0) is 26.2 Å². The molecule has 0 unspecified atom stereocenters. The lowest BCUT2D eigenvalue weighted by atomic mass is 9.95. The number of para-hydroxylation sites is 1. The molecular formula is C28H39FN4O4S. The van der Waals surface area contributed by atoms with E-state index in [4.69, 9.17) is 0 Å². The van der Waals surface area contributed by atoms with Gasteiger partial charge in [-0.15, -0.1) is 0 Å². The summed E-state index contributed by atoms with van der Waals surface area (Å²) in [5, 5.41) is 3.11. The second-order valence-corrected chi connectivity index (χ2v) is 11.9. The Morgan fingerprint density at radius 3 is 2.24 bits per heavy atom. The number of hydrogen-bond donors (Lipinski definition) is 1. The van der Waals surface area contributed by atoms with Crippen LogP contribution >= 0.6 is 0 Å². The monoisotopic (exact) mass is 546 g/mol. The van der Waals surface area contributed by atoms with Crippen molar-refractivity contribution in [2.24, 2.45) is 0 Å². The van der Waals surface area contributed by atoms with E-state index in [1.807, 2.05) is 37.3 Å². The minimum Gasteiger partial charge on any atom is -0.352 e. The first-order chi connectivity index (χ1) is 18.1. The molecule has 208 valence electrons. The molecule has 0 radical (unpaired) electrons. The molecule has 1 N–H and O–H groups in total. The number of nitrogens with zero attached hydrogens (tertiary/aromatic N) is 3. The van der Waals surface area contributed by atoms with Gasteiger partial charge in [-0.2, -0.15) is 12.7 Å². The fourth-order valence-electron chi connectivity index (χ4n) is 4.80. The van der Waals surface area contributed by atoms with E-state index in [0.717, 1.165) is 52.3 Å². The van der Waals surface area contributed by atoms with E-state index in [1.165, 1.54) is 37.2 Å². The van der Waals surface area contributed by atoms with Crippen LogP contribution < -0.4 is 9.62 Å². The fraction of sp³-hybridized carbons (Fsp3) is 0.500. The topological polar surface area (TPSA) is 90.0 Å². The van der Waals surface area contributed by atoms with Crippen LogP contribution in [0, 0.1) is 5.82 Å². The molecule has 0 saturated heterocycles. The Labute approximate surface area is 226 Å². The van der Waals surface area contributed by atoms with Crippen molar-refractivity contribution in [2.45, 2.75) is 64.0 Å². The van der Waals surface area contributed by atoms with E-state index in [0.29, 0.717) is 12.8 Å². The van der Waals surface area contributed by atoms with Gasteiger partial charge in [0.2, 0.25) is 11.8 Å². The van der Waals surface area contributed by atoms with Crippen LogP contribution in [0.15, 0.2) is 54.6 Å². The average Bonchev–Trinajstić information content (AvgIpc) is 2.91. The highest BCUT2D eigenvalue weighted by Crippen LogP contribution is 2.24. The maximum absolute atomic E-state index is 14.8. The number of carbonyl (C=O) groups excluding carboxylic acids is 2. The van der Waals surface area contributed by atoms with Crippen molar-refractivity contribution < 1.29 is 22.4 Å². The average molecular weight is 547 g/mol. The molecular weight excluding hydrogens is 507 g/mol. The van der Waals surface area contributed by atoms with E-state index in [2.05, 4.69) is 5.32 Å². The van der Waals surface area contributed by atoms with Gasteiger partial charge in [-0.05, 0) is 43.4 Å². The molecule has 38 heavy (non-hydrogen) atoms. The number of benzene rings is 2. The summed E-state index contributed by atoms with van der Waals surface area (Å²) in [5.74, 6) is -1.57. The van der Waals surface area contributed by atoms with Gasteiger partial charge in [0.05, 0.1) is 5.69 Å². The molecule has 2 aromatic rings. The highest BCUT2D eigenvalue weighted by atomic mass is 32.2. The van der Waals surface area contributed by atoms with Crippen molar-refractivity contribution in [3.05, 3.63) is 66.0 Å². The van der Waals surface area contributed by atoms with Crippen LogP contribution in [0.2, 0.25) is 0 Å². The van der Waals surface area contributed by atoms with E-state index in [1.54, 1.807) is 0 Å². The zero-order chi connectivity index (χ0) is 27.7. The lowest BCUT2D eigenvalue weighted by Gasteiger charge is -2.35. The molecule has 8 nitrogen and oxygen atoms in total. The second-order valence-electron chi connectivity index (χ2n) is 9.84. The molecule has 2 aromatic carbocycles. The Bertz CT molecular complexity index is 1170. The molecule has 0 spiro atoms. The van der Waals surface area contributed by atoms with Crippen LogP contribution in [-0.4, -0.2) is 68.7 Å². The lowest BCUT2D eigenvalue weighted by Crippen LogP contribution is -2.55. The summed E-state index contributed by atoms with van der Waals surface area (Å²) in [6.45, 7) is 1.41. The number of carbonyl (C=O) groups is 2. The molecule has 0 heterocycles. The molecule has 0 aliphatic heterocycles. The Morgan fingerprint density at radius 1 is 1.00 bits per heavy atom. The summed E-state index contributed by atoms with van der Waals surface area (Å²) in [5.41, 5.74) is 0.761. The van der Waals surface area contributed by atoms with Crippen molar-refractivity contribution in [1.82, 2.24) is 14.5 Å². The molecule has 3 rings (SSSR count). The number of nitrogens with one attached hydrogen (secondary N) is 1. The van der Waals surface area contributed by atoms with E-state index in [9.17, 15) is 22.4 Å². The summed E-state index contributed by atoms with van der Waals surface area (Å²) in [4.78, 5) is 28.7. The van der Waals surface area contributed by atoms with Gasteiger partial charge >= 0.3 is 10.2 Å². The summed E-state index contributed by atoms with van der Waals surface area (Å²) >= 11 is 0. The van der Waals surface area contributed by atoms with E-state index < -0.39 is 34.5 Å². The van der Waals surface area contributed by atoms with Crippen LogP contribution in [0.1, 0.15) is 51.0 Å². The highest BCUT2D eigenvalue weighted by molar-refractivity contribution is 7.90. The number of halogens is 1. The Balaban J connectivity index is 1.91. The predicted octanol–water partition coefficient (Wildman–Crippen LogP) is 3.74. The number of rotatable bonds is 12.